The summed E-state index contributed by atoms with van der Waals surface area (Å²) in [5.74, 6) is 0.427. The molecule has 1 aliphatic rings. The summed E-state index contributed by atoms with van der Waals surface area (Å²) in [4.78, 5) is 14.6. The minimum atomic E-state index is -0.125. The highest BCUT2D eigenvalue weighted by Crippen LogP contribution is 2.27. The molecule has 24 heavy (non-hydrogen) atoms. The first kappa shape index (κ1) is 14.8. The maximum atomic E-state index is 9.98. The maximum absolute atomic E-state index is 9.98. The van der Waals surface area contributed by atoms with Crippen LogP contribution in [0.4, 0.5) is 0 Å². The third-order valence-corrected chi connectivity index (χ3v) is 4.31. The van der Waals surface area contributed by atoms with Crippen molar-refractivity contribution in [1.29, 1.82) is 0 Å². The molecule has 1 aliphatic heterocycles. The normalized spacial score (nSPS) is 16.5. The number of fused-ring (bicyclic) bond motifs is 1. The fourth-order valence-electron chi connectivity index (χ4n) is 2.93. The number of rotatable bonds is 3. The summed E-state index contributed by atoms with van der Waals surface area (Å²) >= 11 is 0. The van der Waals surface area contributed by atoms with Crippen LogP contribution >= 0.6 is 0 Å². The lowest BCUT2D eigenvalue weighted by molar-refractivity contribution is 0.212. The van der Waals surface area contributed by atoms with Gasteiger partial charge in [-0.2, -0.15) is 15.1 Å². The summed E-state index contributed by atoms with van der Waals surface area (Å²) in [6, 6.07) is 2.12. The van der Waals surface area contributed by atoms with E-state index in [0.717, 1.165) is 25.9 Å². The van der Waals surface area contributed by atoms with Gasteiger partial charge in [0.1, 0.15) is 0 Å². The first-order valence-corrected chi connectivity index (χ1v) is 7.90. The summed E-state index contributed by atoms with van der Waals surface area (Å²) in [7, 11) is 2.13. The number of nitrogens with zero attached hydrogens (tertiary/aromatic N) is 6. The predicted octanol–water partition coefficient (Wildman–Crippen LogP) is 1.99. The molecule has 3 aromatic heterocycles. The number of pyridine rings is 1. The van der Waals surface area contributed by atoms with E-state index in [4.69, 9.17) is 4.74 Å². The van der Waals surface area contributed by atoms with E-state index in [1.807, 2.05) is 10.9 Å². The van der Waals surface area contributed by atoms with Crippen LogP contribution in [-0.4, -0.2) is 54.9 Å². The monoisotopic (exact) mass is 326 g/mol. The largest absolute Gasteiger partial charge is 0.493 e. The lowest BCUT2D eigenvalue weighted by atomic mass is 10.1. The van der Waals surface area contributed by atoms with Crippen molar-refractivity contribution >= 4 is 10.9 Å². The number of hydrogen-bond acceptors (Lipinski definition) is 7. The Kier molecular flexibility index (Phi) is 3.73. The van der Waals surface area contributed by atoms with Crippen LogP contribution in [0.15, 0.2) is 30.9 Å². The third kappa shape index (κ3) is 2.88. The van der Waals surface area contributed by atoms with E-state index in [2.05, 4.69) is 32.0 Å². The maximum Gasteiger partial charge on any atom is 0.326 e. The first-order chi connectivity index (χ1) is 11.7. The minimum Gasteiger partial charge on any atom is -0.493 e. The molecule has 0 amide bonds. The van der Waals surface area contributed by atoms with Gasteiger partial charge in [0, 0.05) is 6.20 Å². The van der Waals surface area contributed by atoms with Gasteiger partial charge in [0.15, 0.2) is 5.75 Å². The molecule has 8 nitrogen and oxygen atoms in total. The minimum absolute atomic E-state index is 0.0796. The summed E-state index contributed by atoms with van der Waals surface area (Å²) in [6.07, 6.45) is 8.77. The molecule has 0 radical (unpaired) electrons. The van der Waals surface area contributed by atoms with E-state index in [-0.39, 0.29) is 11.9 Å². The molecule has 0 unspecified atom stereocenters. The zero-order valence-electron chi connectivity index (χ0n) is 13.3. The number of likely N-dealkylation sites (tertiary alicyclic amines) is 1. The van der Waals surface area contributed by atoms with E-state index in [9.17, 15) is 5.11 Å². The molecule has 124 valence electrons. The highest BCUT2D eigenvalue weighted by molar-refractivity contribution is 5.82. The van der Waals surface area contributed by atoms with Gasteiger partial charge in [-0.15, -0.1) is 0 Å². The molecule has 0 spiro atoms. The Hall–Kier alpha value is -2.74. The second kappa shape index (κ2) is 6.04. The lowest BCUT2D eigenvalue weighted by Gasteiger charge is -2.28. The molecule has 4 rings (SSSR count). The van der Waals surface area contributed by atoms with E-state index in [0.29, 0.717) is 22.7 Å². The summed E-state index contributed by atoms with van der Waals surface area (Å²) in [5, 5.41) is 14.9. The van der Waals surface area contributed by atoms with Gasteiger partial charge in [-0.1, -0.05) is 0 Å². The van der Waals surface area contributed by atoms with E-state index >= 15 is 0 Å². The van der Waals surface area contributed by atoms with Crippen molar-refractivity contribution in [2.24, 2.45) is 0 Å². The van der Waals surface area contributed by atoms with Crippen molar-refractivity contribution in [1.82, 2.24) is 29.6 Å². The number of ether oxygens (including phenoxy) is 1. The molecular weight excluding hydrogens is 308 g/mol. The topological polar surface area (TPSA) is 89.2 Å². The summed E-state index contributed by atoms with van der Waals surface area (Å²) in [6.45, 7) is 2.13. The average Bonchev–Trinajstić information content (AvgIpc) is 3.04. The van der Waals surface area contributed by atoms with Crippen molar-refractivity contribution in [2.45, 2.75) is 18.9 Å². The Morgan fingerprint density at radius 2 is 2.04 bits per heavy atom. The van der Waals surface area contributed by atoms with Gasteiger partial charge in [-0.05, 0) is 39.0 Å². The average molecular weight is 326 g/mol. The molecule has 4 heterocycles. The molecule has 0 aromatic carbocycles. The smallest absolute Gasteiger partial charge is 0.326 e. The number of hydrogen-bond donors (Lipinski definition) is 1. The SMILES string of the molecule is CN1CCC(n2cc(Oc3nc(O)c4ccncc4n3)cn2)CC1. The number of aromatic hydroxyl groups is 1. The van der Waals surface area contributed by atoms with Crippen LogP contribution in [0.25, 0.3) is 10.9 Å². The first-order valence-electron chi connectivity index (χ1n) is 7.90. The van der Waals surface area contributed by atoms with Crippen LogP contribution in [0.1, 0.15) is 18.9 Å². The zero-order valence-corrected chi connectivity index (χ0v) is 13.3. The Balaban J connectivity index is 1.54. The van der Waals surface area contributed by atoms with Crippen LogP contribution in [0.2, 0.25) is 0 Å². The quantitative estimate of drug-likeness (QED) is 0.787. The summed E-state index contributed by atoms with van der Waals surface area (Å²) in [5.41, 5.74) is 0.530. The molecular formula is C16H18N6O2. The lowest BCUT2D eigenvalue weighted by Crippen LogP contribution is -2.31. The van der Waals surface area contributed by atoms with E-state index < -0.39 is 0 Å². The number of piperidine rings is 1. The van der Waals surface area contributed by atoms with Crippen LogP contribution in [0, 0.1) is 0 Å². The molecule has 1 saturated heterocycles. The van der Waals surface area contributed by atoms with Crippen molar-refractivity contribution in [3.05, 3.63) is 30.9 Å². The van der Waals surface area contributed by atoms with E-state index in [1.165, 1.54) is 0 Å². The molecule has 0 aliphatic carbocycles. The second-order valence-corrected chi connectivity index (χ2v) is 6.02. The molecule has 1 N–H and O–H groups in total. The predicted molar refractivity (Wildman–Crippen MR) is 87.1 cm³/mol. The van der Waals surface area contributed by atoms with Crippen LogP contribution in [0.5, 0.6) is 17.6 Å². The van der Waals surface area contributed by atoms with Crippen molar-refractivity contribution < 1.29 is 9.84 Å². The fraction of sp³-hybridized carbons (Fsp3) is 0.375. The van der Waals surface area contributed by atoms with Gasteiger partial charge in [0.25, 0.3) is 0 Å². The standard InChI is InChI=1S/C16H18N6O2/c1-21-6-3-11(4-7-21)22-10-12(8-18-22)24-16-19-14-9-17-5-2-13(14)15(23)20-16/h2,5,8-11H,3-4,6-7H2,1H3,(H,19,20,23). The Morgan fingerprint density at radius 1 is 1.21 bits per heavy atom. The highest BCUT2D eigenvalue weighted by atomic mass is 16.5. The molecule has 8 heteroatoms. The third-order valence-electron chi connectivity index (χ3n) is 4.31. The van der Waals surface area contributed by atoms with Gasteiger partial charge in [0.2, 0.25) is 5.88 Å². The zero-order chi connectivity index (χ0) is 16.5. The van der Waals surface area contributed by atoms with Crippen LogP contribution in [-0.2, 0) is 0 Å². The van der Waals surface area contributed by atoms with Crippen molar-refractivity contribution in [3.63, 3.8) is 0 Å². The second-order valence-electron chi connectivity index (χ2n) is 6.02. The van der Waals surface area contributed by atoms with Gasteiger partial charge in [-0.25, -0.2) is 0 Å². The molecule has 0 bridgehead atoms. The van der Waals surface area contributed by atoms with Crippen molar-refractivity contribution in [3.8, 4) is 17.6 Å². The number of aromatic nitrogens is 5. The van der Waals surface area contributed by atoms with Gasteiger partial charge in [-0.3, -0.25) is 9.67 Å². The van der Waals surface area contributed by atoms with Gasteiger partial charge >= 0.3 is 6.01 Å². The Labute approximate surface area is 138 Å². The van der Waals surface area contributed by atoms with Crippen molar-refractivity contribution in [2.75, 3.05) is 20.1 Å². The highest BCUT2D eigenvalue weighted by Gasteiger charge is 2.19. The summed E-state index contributed by atoms with van der Waals surface area (Å²) < 4.78 is 7.59. The molecule has 1 fully saturated rings. The Morgan fingerprint density at radius 3 is 2.88 bits per heavy atom. The molecule has 0 atom stereocenters. The van der Waals surface area contributed by atoms with Gasteiger partial charge in [0.05, 0.1) is 35.5 Å². The van der Waals surface area contributed by atoms with E-state index in [1.54, 1.807) is 24.7 Å². The van der Waals surface area contributed by atoms with Gasteiger partial charge < -0.3 is 14.7 Å². The van der Waals surface area contributed by atoms with Crippen LogP contribution in [0.3, 0.4) is 0 Å². The van der Waals surface area contributed by atoms with Crippen LogP contribution < -0.4 is 4.74 Å². The Bertz CT molecular complexity index is 857. The molecule has 3 aromatic rings. The fourth-order valence-corrected chi connectivity index (χ4v) is 2.93. The molecule has 0 saturated carbocycles.